The van der Waals surface area contributed by atoms with Crippen molar-refractivity contribution in [3.8, 4) is 0 Å². The third-order valence-corrected chi connectivity index (χ3v) is 5.34. The molecule has 1 saturated carbocycles. The molecule has 1 spiro atoms. The predicted molar refractivity (Wildman–Crippen MR) is 95.2 cm³/mol. The van der Waals surface area contributed by atoms with Gasteiger partial charge in [-0.15, -0.1) is 0 Å². The van der Waals surface area contributed by atoms with Gasteiger partial charge in [-0.1, -0.05) is 19.1 Å². The SMILES string of the molecule is Cc1ccc(C)c(NC(=O)CN2C(=O)NC3(CCC(C)CC3)C2=O)c1. The Labute approximate surface area is 148 Å². The van der Waals surface area contributed by atoms with Gasteiger partial charge in [-0.2, -0.15) is 0 Å². The van der Waals surface area contributed by atoms with E-state index in [-0.39, 0.29) is 18.4 Å². The number of aryl methyl sites for hydroxylation is 2. The van der Waals surface area contributed by atoms with Gasteiger partial charge in [-0.05, 0) is 62.6 Å². The van der Waals surface area contributed by atoms with Crippen molar-refractivity contribution in [3.63, 3.8) is 0 Å². The van der Waals surface area contributed by atoms with Gasteiger partial charge < -0.3 is 10.6 Å². The molecule has 0 aromatic heterocycles. The summed E-state index contributed by atoms with van der Waals surface area (Å²) in [6.07, 6.45) is 3.12. The molecule has 4 amide bonds. The monoisotopic (exact) mass is 343 g/mol. The summed E-state index contributed by atoms with van der Waals surface area (Å²) in [4.78, 5) is 38.4. The van der Waals surface area contributed by atoms with Crippen molar-refractivity contribution in [2.45, 2.75) is 52.0 Å². The molecule has 0 bridgehead atoms. The van der Waals surface area contributed by atoms with E-state index >= 15 is 0 Å². The number of imide groups is 1. The molecule has 2 N–H and O–H groups in total. The van der Waals surface area contributed by atoms with Crippen LogP contribution in [0.1, 0.15) is 43.7 Å². The van der Waals surface area contributed by atoms with Crippen molar-refractivity contribution in [1.29, 1.82) is 0 Å². The molecule has 1 aliphatic heterocycles. The van der Waals surface area contributed by atoms with Crippen LogP contribution in [-0.2, 0) is 9.59 Å². The number of urea groups is 1. The molecule has 1 aromatic rings. The van der Waals surface area contributed by atoms with E-state index in [9.17, 15) is 14.4 Å². The molecule has 3 rings (SSSR count). The number of nitrogens with zero attached hydrogens (tertiary/aromatic N) is 1. The topological polar surface area (TPSA) is 78.5 Å². The lowest BCUT2D eigenvalue weighted by molar-refractivity contribution is -0.135. The molecular weight excluding hydrogens is 318 g/mol. The Kier molecular flexibility index (Phi) is 4.54. The third-order valence-electron chi connectivity index (χ3n) is 5.34. The lowest BCUT2D eigenvalue weighted by Crippen LogP contribution is -2.49. The Morgan fingerprint density at radius 3 is 2.64 bits per heavy atom. The zero-order chi connectivity index (χ0) is 18.2. The Bertz CT molecular complexity index is 721. The van der Waals surface area contributed by atoms with Gasteiger partial charge in [0, 0.05) is 5.69 Å². The number of benzene rings is 1. The molecule has 1 aromatic carbocycles. The maximum absolute atomic E-state index is 12.8. The largest absolute Gasteiger partial charge is 0.325 e. The fourth-order valence-electron chi connectivity index (χ4n) is 3.62. The minimum absolute atomic E-state index is 0.255. The van der Waals surface area contributed by atoms with Crippen LogP contribution >= 0.6 is 0 Å². The number of carbonyl (C=O) groups is 3. The average Bonchev–Trinajstić information content (AvgIpc) is 2.78. The Balaban J connectivity index is 1.68. The molecule has 134 valence electrons. The third kappa shape index (κ3) is 3.38. The highest BCUT2D eigenvalue weighted by Crippen LogP contribution is 2.36. The average molecular weight is 343 g/mol. The molecular formula is C19H25N3O3. The molecule has 1 aliphatic carbocycles. The van der Waals surface area contributed by atoms with Crippen LogP contribution in [0.4, 0.5) is 10.5 Å². The highest BCUT2D eigenvalue weighted by Gasteiger charge is 2.52. The highest BCUT2D eigenvalue weighted by molar-refractivity contribution is 6.10. The standard InChI is InChI=1S/C19H25N3O3/c1-12-6-8-19(9-7-12)17(24)22(18(25)21-19)11-16(23)20-15-10-13(2)4-5-14(15)3/h4-5,10,12H,6-9,11H2,1-3H3,(H,20,23)(H,21,25). The molecule has 1 saturated heterocycles. The van der Waals surface area contributed by atoms with Gasteiger partial charge in [-0.25, -0.2) is 4.79 Å². The zero-order valence-electron chi connectivity index (χ0n) is 15.0. The summed E-state index contributed by atoms with van der Waals surface area (Å²) >= 11 is 0. The van der Waals surface area contributed by atoms with Gasteiger partial charge in [0.25, 0.3) is 5.91 Å². The van der Waals surface area contributed by atoms with E-state index in [4.69, 9.17) is 0 Å². The van der Waals surface area contributed by atoms with Crippen molar-refractivity contribution in [2.75, 3.05) is 11.9 Å². The van der Waals surface area contributed by atoms with Gasteiger partial charge in [0.15, 0.2) is 0 Å². The minimum Gasteiger partial charge on any atom is -0.324 e. The molecule has 2 fully saturated rings. The van der Waals surface area contributed by atoms with Crippen molar-refractivity contribution >= 4 is 23.5 Å². The van der Waals surface area contributed by atoms with Gasteiger partial charge >= 0.3 is 6.03 Å². The lowest BCUT2D eigenvalue weighted by atomic mass is 9.77. The summed E-state index contributed by atoms with van der Waals surface area (Å²) < 4.78 is 0. The van der Waals surface area contributed by atoms with Crippen LogP contribution in [0.2, 0.25) is 0 Å². The first-order valence-corrected chi connectivity index (χ1v) is 8.82. The van der Waals surface area contributed by atoms with Crippen LogP contribution in [-0.4, -0.2) is 34.8 Å². The maximum atomic E-state index is 12.8. The second-order valence-corrected chi connectivity index (χ2v) is 7.45. The summed E-state index contributed by atoms with van der Waals surface area (Å²) in [5.41, 5.74) is 1.88. The summed E-state index contributed by atoms with van der Waals surface area (Å²) in [6, 6.07) is 5.31. The first-order chi connectivity index (χ1) is 11.8. The van der Waals surface area contributed by atoms with E-state index in [0.29, 0.717) is 24.4 Å². The first kappa shape index (κ1) is 17.5. The van der Waals surface area contributed by atoms with Crippen LogP contribution in [0.5, 0.6) is 0 Å². The maximum Gasteiger partial charge on any atom is 0.325 e. The summed E-state index contributed by atoms with van der Waals surface area (Å²) in [5.74, 6) is -0.0593. The molecule has 6 heteroatoms. The second-order valence-electron chi connectivity index (χ2n) is 7.45. The van der Waals surface area contributed by atoms with Gasteiger partial charge in [0.1, 0.15) is 12.1 Å². The second kappa shape index (κ2) is 6.50. The number of nitrogens with one attached hydrogen (secondary N) is 2. The van der Waals surface area contributed by atoms with Crippen LogP contribution in [0.15, 0.2) is 18.2 Å². The normalized spacial score (nSPS) is 26.0. The zero-order valence-corrected chi connectivity index (χ0v) is 15.0. The summed E-state index contributed by atoms with van der Waals surface area (Å²) in [7, 11) is 0. The van der Waals surface area contributed by atoms with E-state index in [2.05, 4.69) is 17.6 Å². The molecule has 0 unspecified atom stereocenters. The molecule has 6 nitrogen and oxygen atoms in total. The molecule has 25 heavy (non-hydrogen) atoms. The number of rotatable bonds is 3. The van der Waals surface area contributed by atoms with E-state index < -0.39 is 11.6 Å². The number of hydrogen-bond donors (Lipinski definition) is 2. The number of carbonyl (C=O) groups excluding carboxylic acids is 3. The highest BCUT2D eigenvalue weighted by atomic mass is 16.2. The Morgan fingerprint density at radius 1 is 1.28 bits per heavy atom. The van der Waals surface area contributed by atoms with Crippen LogP contribution in [0.25, 0.3) is 0 Å². The number of hydrogen-bond acceptors (Lipinski definition) is 3. The molecule has 1 heterocycles. The number of amides is 4. The Hall–Kier alpha value is -2.37. The van der Waals surface area contributed by atoms with E-state index in [0.717, 1.165) is 28.9 Å². The quantitative estimate of drug-likeness (QED) is 0.828. The summed E-state index contributed by atoms with van der Waals surface area (Å²) in [5, 5.41) is 5.64. The van der Waals surface area contributed by atoms with E-state index in [1.54, 1.807) is 0 Å². The molecule has 0 atom stereocenters. The lowest BCUT2D eigenvalue weighted by Gasteiger charge is -2.33. The van der Waals surface area contributed by atoms with Crippen molar-refractivity contribution in [2.24, 2.45) is 5.92 Å². The van der Waals surface area contributed by atoms with Crippen LogP contribution in [0, 0.1) is 19.8 Å². The molecule has 0 radical (unpaired) electrons. The van der Waals surface area contributed by atoms with Gasteiger partial charge in [0.05, 0.1) is 0 Å². The first-order valence-electron chi connectivity index (χ1n) is 8.82. The van der Waals surface area contributed by atoms with Crippen molar-refractivity contribution in [3.05, 3.63) is 29.3 Å². The van der Waals surface area contributed by atoms with Crippen molar-refractivity contribution in [1.82, 2.24) is 10.2 Å². The van der Waals surface area contributed by atoms with Gasteiger partial charge in [0.2, 0.25) is 5.91 Å². The minimum atomic E-state index is -0.802. The van der Waals surface area contributed by atoms with E-state index in [1.807, 2.05) is 32.0 Å². The number of anilines is 1. The van der Waals surface area contributed by atoms with E-state index in [1.165, 1.54) is 0 Å². The Morgan fingerprint density at radius 2 is 1.96 bits per heavy atom. The fraction of sp³-hybridized carbons (Fsp3) is 0.526. The van der Waals surface area contributed by atoms with Crippen LogP contribution < -0.4 is 10.6 Å². The molecule has 2 aliphatic rings. The predicted octanol–water partition coefficient (Wildman–Crippen LogP) is 2.74. The van der Waals surface area contributed by atoms with Crippen LogP contribution in [0.3, 0.4) is 0 Å². The van der Waals surface area contributed by atoms with Crippen molar-refractivity contribution < 1.29 is 14.4 Å². The summed E-state index contributed by atoms with van der Waals surface area (Å²) in [6.45, 7) is 5.75. The van der Waals surface area contributed by atoms with Gasteiger partial charge in [-0.3, -0.25) is 14.5 Å². The smallest absolute Gasteiger partial charge is 0.324 e. The fourth-order valence-corrected chi connectivity index (χ4v) is 3.62.